The molecule has 0 saturated carbocycles. The summed E-state index contributed by atoms with van der Waals surface area (Å²) in [6.45, 7) is 7.61. The summed E-state index contributed by atoms with van der Waals surface area (Å²) < 4.78 is 0. The number of fused-ring (bicyclic) bond motifs is 1. The minimum atomic E-state index is 0.112. The number of aromatic amines is 1. The van der Waals surface area contributed by atoms with E-state index in [4.69, 9.17) is 18.2 Å². The number of nitrogens with zero attached hydrogens (tertiary/aromatic N) is 5. The Labute approximate surface area is 118 Å². The number of rotatable bonds is 3. The highest BCUT2D eigenvalue weighted by Gasteiger charge is 2.12. The van der Waals surface area contributed by atoms with Gasteiger partial charge in [-0.1, -0.05) is 0 Å². The average molecular weight is 286 g/mol. The minimum Gasteiger partial charge on any atom is -0.365 e. The van der Waals surface area contributed by atoms with Gasteiger partial charge in [-0.2, -0.15) is 0 Å². The molecule has 0 aromatic carbocycles. The SMILES string of the molecule is [C-]#[N+]c1c[nH]c2nc(Cl)nc(NCc3ccncn3)c12. The Morgan fingerprint density at radius 3 is 3.05 bits per heavy atom. The Morgan fingerprint density at radius 2 is 2.30 bits per heavy atom. The molecule has 0 saturated heterocycles. The molecule has 20 heavy (non-hydrogen) atoms. The summed E-state index contributed by atoms with van der Waals surface area (Å²) in [6.07, 6.45) is 4.71. The van der Waals surface area contributed by atoms with Crippen LogP contribution in [0, 0.1) is 6.57 Å². The maximum absolute atomic E-state index is 7.16. The van der Waals surface area contributed by atoms with Crippen LogP contribution in [0.25, 0.3) is 15.9 Å². The third kappa shape index (κ3) is 2.24. The van der Waals surface area contributed by atoms with Crippen molar-refractivity contribution in [2.75, 3.05) is 5.32 Å². The van der Waals surface area contributed by atoms with E-state index in [1.165, 1.54) is 6.33 Å². The van der Waals surface area contributed by atoms with Gasteiger partial charge in [0.1, 0.15) is 17.8 Å². The quantitative estimate of drug-likeness (QED) is 0.571. The predicted molar refractivity (Wildman–Crippen MR) is 74.5 cm³/mol. The first-order chi connectivity index (χ1) is 9.78. The average Bonchev–Trinajstić information content (AvgIpc) is 2.88. The van der Waals surface area contributed by atoms with Crippen LogP contribution in [0.15, 0.2) is 24.8 Å². The molecule has 0 spiro atoms. The van der Waals surface area contributed by atoms with E-state index in [0.717, 1.165) is 5.69 Å². The number of aromatic nitrogens is 5. The fourth-order valence-corrected chi connectivity index (χ4v) is 1.97. The Morgan fingerprint density at radius 1 is 1.40 bits per heavy atom. The molecule has 0 aliphatic carbocycles. The number of hydrogen-bond acceptors (Lipinski definition) is 5. The molecule has 0 fully saturated rings. The van der Waals surface area contributed by atoms with E-state index in [1.54, 1.807) is 18.5 Å². The topological polar surface area (TPSA) is 83.7 Å². The molecule has 0 unspecified atom stereocenters. The van der Waals surface area contributed by atoms with Gasteiger partial charge in [0.25, 0.3) is 0 Å². The summed E-state index contributed by atoms with van der Waals surface area (Å²) in [5.41, 5.74) is 1.78. The van der Waals surface area contributed by atoms with Gasteiger partial charge in [0.2, 0.25) is 11.0 Å². The maximum atomic E-state index is 7.16. The van der Waals surface area contributed by atoms with E-state index in [0.29, 0.717) is 29.1 Å². The van der Waals surface area contributed by atoms with E-state index in [2.05, 4.69) is 35.1 Å². The van der Waals surface area contributed by atoms with Crippen LogP contribution in [-0.2, 0) is 6.54 Å². The highest BCUT2D eigenvalue weighted by Crippen LogP contribution is 2.31. The molecular formula is C12H8ClN7. The number of H-pyrrole nitrogens is 1. The van der Waals surface area contributed by atoms with Crippen LogP contribution in [0.1, 0.15) is 5.69 Å². The number of anilines is 1. The Balaban J connectivity index is 1.98. The largest absolute Gasteiger partial charge is 0.365 e. The smallest absolute Gasteiger partial charge is 0.226 e. The second-order valence-corrected chi connectivity index (χ2v) is 4.24. The van der Waals surface area contributed by atoms with Gasteiger partial charge in [0.05, 0.1) is 24.2 Å². The molecule has 3 aromatic rings. The monoisotopic (exact) mass is 285 g/mol. The molecule has 0 amide bonds. The fourth-order valence-electron chi connectivity index (χ4n) is 1.80. The van der Waals surface area contributed by atoms with Crippen molar-refractivity contribution in [2.45, 2.75) is 6.54 Å². The summed E-state index contributed by atoms with van der Waals surface area (Å²) in [4.78, 5) is 22.5. The lowest BCUT2D eigenvalue weighted by Gasteiger charge is -2.07. The van der Waals surface area contributed by atoms with Gasteiger partial charge in [-0.25, -0.2) is 24.8 Å². The first-order valence-corrected chi connectivity index (χ1v) is 6.06. The van der Waals surface area contributed by atoms with Crippen molar-refractivity contribution in [3.05, 3.63) is 47.2 Å². The zero-order valence-corrected chi connectivity index (χ0v) is 10.9. The molecule has 7 nitrogen and oxygen atoms in total. The van der Waals surface area contributed by atoms with Crippen LogP contribution >= 0.6 is 11.6 Å². The summed E-state index contributed by atoms with van der Waals surface area (Å²) in [7, 11) is 0. The van der Waals surface area contributed by atoms with E-state index < -0.39 is 0 Å². The molecule has 8 heteroatoms. The molecule has 3 heterocycles. The van der Waals surface area contributed by atoms with Crippen molar-refractivity contribution < 1.29 is 0 Å². The molecular weight excluding hydrogens is 278 g/mol. The lowest BCUT2D eigenvalue weighted by atomic mass is 10.3. The molecule has 2 N–H and O–H groups in total. The lowest BCUT2D eigenvalue weighted by Crippen LogP contribution is -2.04. The first kappa shape index (κ1) is 12.3. The summed E-state index contributed by atoms with van der Waals surface area (Å²) in [5, 5.41) is 3.85. The lowest BCUT2D eigenvalue weighted by molar-refractivity contribution is 0.996. The summed E-state index contributed by atoms with van der Waals surface area (Å²) in [5.74, 6) is 0.505. The van der Waals surface area contributed by atoms with Gasteiger partial charge in [0, 0.05) is 12.4 Å². The zero-order valence-electron chi connectivity index (χ0n) is 10.1. The van der Waals surface area contributed by atoms with Crippen molar-refractivity contribution in [1.29, 1.82) is 0 Å². The van der Waals surface area contributed by atoms with Gasteiger partial charge in [-0.15, -0.1) is 0 Å². The minimum absolute atomic E-state index is 0.112. The highest BCUT2D eigenvalue weighted by atomic mass is 35.5. The van der Waals surface area contributed by atoms with Crippen molar-refractivity contribution in [1.82, 2.24) is 24.9 Å². The predicted octanol–water partition coefficient (Wildman–Crippen LogP) is 2.56. The molecule has 98 valence electrons. The van der Waals surface area contributed by atoms with Crippen molar-refractivity contribution in [2.24, 2.45) is 0 Å². The molecule has 3 rings (SSSR count). The Kier molecular flexibility index (Phi) is 3.15. The molecule has 0 bridgehead atoms. The first-order valence-electron chi connectivity index (χ1n) is 5.69. The van der Waals surface area contributed by atoms with Crippen LogP contribution in [0.4, 0.5) is 11.5 Å². The Bertz CT molecular complexity index is 791. The normalized spacial score (nSPS) is 10.4. The van der Waals surface area contributed by atoms with Crippen molar-refractivity contribution in [3.63, 3.8) is 0 Å². The van der Waals surface area contributed by atoms with Crippen LogP contribution in [0.2, 0.25) is 5.28 Å². The van der Waals surface area contributed by atoms with E-state index in [9.17, 15) is 0 Å². The maximum Gasteiger partial charge on any atom is 0.226 e. The molecule has 0 aliphatic heterocycles. The highest BCUT2D eigenvalue weighted by molar-refractivity contribution is 6.29. The van der Waals surface area contributed by atoms with Gasteiger partial charge in [-0.05, 0) is 17.7 Å². The third-order valence-corrected chi connectivity index (χ3v) is 2.85. The zero-order chi connectivity index (χ0) is 13.9. The number of nitrogens with one attached hydrogen (secondary N) is 2. The van der Waals surface area contributed by atoms with Crippen LogP contribution < -0.4 is 5.32 Å². The molecule has 0 atom stereocenters. The van der Waals surface area contributed by atoms with Gasteiger partial charge < -0.3 is 10.3 Å². The van der Waals surface area contributed by atoms with Gasteiger partial charge in [0.15, 0.2) is 0 Å². The molecule has 0 radical (unpaired) electrons. The van der Waals surface area contributed by atoms with Crippen LogP contribution in [0.5, 0.6) is 0 Å². The summed E-state index contributed by atoms with van der Waals surface area (Å²) >= 11 is 5.87. The van der Waals surface area contributed by atoms with Crippen molar-refractivity contribution >= 4 is 34.1 Å². The standard InChI is InChI=1S/C12H8ClN7/c1-14-8-5-17-11-9(8)10(19-12(13)20-11)16-4-7-2-3-15-6-18-7/h2-3,5-6H,4H2,(H2,16,17,19,20). The van der Waals surface area contributed by atoms with E-state index in [1.807, 2.05) is 0 Å². The van der Waals surface area contributed by atoms with Crippen LogP contribution in [-0.4, -0.2) is 24.9 Å². The number of hydrogen-bond donors (Lipinski definition) is 2. The number of halogens is 1. The van der Waals surface area contributed by atoms with Crippen molar-refractivity contribution in [3.8, 4) is 0 Å². The molecule has 0 aliphatic rings. The van der Waals surface area contributed by atoms with Gasteiger partial charge in [-0.3, -0.25) is 0 Å². The second kappa shape index (κ2) is 5.11. The summed E-state index contributed by atoms with van der Waals surface area (Å²) in [6, 6.07) is 1.79. The van der Waals surface area contributed by atoms with E-state index >= 15 is 0 Å². The second-order valence-electron chi connectivity index (χ2n) is 3.90. The third-order valence-electron chi connectivity index (χ3n) is 2.68. The van der Waals surface area contributed by atoms with Gasteiger partial charge >= 0.3 is 0 Å². The van der Waals surface area contributed by atoms with E-state index in [-0.39, 0.29) is 5.28 Å². The fraction of sp³-hybridized carbons (Fsp3) is 0.0833. The molecule has 3 aromatic heterocycles. The van der Waals surface area contributed by atoms with Crippen LogP contribution in [0.3, 0.4) is 0 Å². The Hall–Kier alpha value is -2.72.